The van der Waals surface area contributed by atoms with E-state index in [4.69, 9.17) is 15.5 Å². The number of nitrogens with two attached hydrogens (primary N) is 1. The lowest BCUT2D eigenvalue weighted by Crippen LogP contribution is -2.37. The summed E-state index contributed by atoms with van der Waals surface area (Å²) in [6.45, 7) is 5.17. The van der Waals surface area contributed by atoms with Gasteiger partial charge in [-0.1, -0.05) is 19.9 Å². The average molecular weight is 546 g/mol. The molecule has 5 rings (SSSR count). The number of carbonyl (C=O) groups is 1. The molecule has 11 heteroatoms. The maximum atomic E-state index is 14.5. The third-order valence-electron chi connectivity index (χ3n) is 6.80. The summed E-state index contributed by atoms with van der Waals surface area (Å²) in [6.07, 6.45) is 3.07. The van der Waals surface area contributed by atoms with Crippen molar-refractivity contribution in [2.45, 2.75) is 44.2 Å². The number of nitrogens with one attached hydrogen (secondary N) is 1. The van der Waals surface area contributed by atoms with E-state index in [2.05, 4.69) is 14.6 Å². The second-order valence-corrected chi connectivity index (χ2v) is 11.9. The highest BCUT2D eigenvalue weighted by Crippen LogP contribution is 2.41. The van der Waals surface area contributed by atoms with Gasteiger partial charge in [0.25, 0.3) is 15.9 Å². The predicted octanol–water partition coefficient (Wildman–Crippen LogP) is 4.75. The Labute approximate surface area is 225 Å². The van der Waals surface area contributed by atoms with Crippen LogP contribution in [-0.2, 0) is 10.0 Å². The van der Waals surface area contributed by atoms with Crippen molar-refractivity contribution in [1.29, 1.82) is 0 Å². The molecule has 9 nitrogen and oxygen atoms in total. The molecule has 1 aliphatic heterocycles. The van der Waals surface area contributed by atoms with Crippen LogP contribution in [0.1, 0.15) is 47.7 Å². The topological polar surface area (TPSA) is 128 Å². The highest BCUT2D eigenvalue weighted by Gasteiger charge is 2.40. The molecule has 1 saturated carbocycles. The summed E-state index contributed by atoms with van der Waals surface area (Å²) >= 11 is 0. The summed E-state index contributed by atoms with van der Waals surface area (Å²) in [5, 5.41) is -0.356. The maximum Gasteiger partial charge on any atom is 0.281 e. The second-order valence-electron chi connectivity index (χ2n) is 10.3. The van der Waals surface area contributed by atoms with Gasteiger partial charge in [-0.05, 0) is 67.5 Å². The summed E-state index contributed by atoms with van der Waals surface area (Å²) in [5.74, 6) is 0.252. The minimum Gasteiger partial charge on any atom is -0.493 e. The number of piperidine rings is 1. The molecule has 0 unspecified atom stereocenters. The first-order valence-electron chi connectivity index (χ1n) is 12.6. The molecule has 2 aliphatic rings. The Morgan fingerprint density at radius 2 is 2.03 bits per heavy atom. The number of amides is 1. The van der Waals surface area contributed by atoms with Gasteiger partial charge in [-0.25, -0.2) is 19.1 Å². The summed E-state index contributed by atoms with van der Waals surface area (Å²) in [7, 11) is -4.27. The molecule has 3 heterocycles. The Bertz CT molecular complexity index is 1500. The highest BCUT2D eigenvalue weighted by atomic mass is 32.2. The van der Waals surface area contributed by atoms with Gasteiger partial charge >= 0.3 is 0 Å². The van der Waals surface area contributed by atoms with E-state index in [1.54, 1.807) is 12.1 Å². The average Bonchev–Trinajstić information content (AvgIpc) is 3.51. The molecule has 3 N–H and O–H groups in total. The zero-order valence-corrected chi connectivity index (χ0v) is 22.0. The number of hydrogen-bond acceptors (Lipinski definition) is 8. The van der Waals surface area contributed by atoms with Gasteiger partial charge in [0.1, 0.15) is 23.2 Å². The molecule has 3 aromatic rings. The van der Waals surface area contributed by atoms with E-state index in [0.717, 1.165) is 25.8 Å². The predicted molar refractivity (Wildman–Crippen MR) is 148 cm³/mol. The molecule has 0 radical (unpaired) electrons. The van der Waals surface area contributed by atoms with Crippen molar-refractivity contribution in [3.8, 4) is 17.0 Å². The first-order chi connectivity index (χ1) is 18.1. The number of sulfonamides is 1. The van der Waals surface area contributed by atoms with E-state index < -0.39 is 21.7 Å². The second kappa shape index (κ2) is 10.2. The molecule has 0 spiro atoms. The third-order valence-corrected chi connectivity index (χ3v) is 8.03. The Hall–Kier alpha value is -3.73. The zero-order valence-electron chi connectivity index (χ0n) is 21.2. The number of carbonyl (C=O) groups excluding carboxylic acids is 1. The largest absolute Gasteiger partial charge is 0.493 e. The van der Waals surface area contributed by atoms with Gasteiger partial charge in [0.15, 0.2) is 5.03 Å². The van der Waals surface area contributed by atoms with E-state index in [9.17, 15) is 17.6 Å². The molecule has 2 fully saturated rings. The highest BCUT2D eigenvalue weighted by molar-refractivity contribution is 7.90. The van der Waals surface area contributed by atoms with Crippen LogP contribution in [0.2, 0.25) is 0 Å². The molecule has 2 bridgehead atoms. The van der Waals surface area contributed by atoms with E-state index in [1.807, 2.05) is 13.8 Å². The van der Waals surface area contributed by atoms with Crippen LogP contribution in [-0.4, -0.2) is 43.5 Å². The van der Waals surface area contributed by atoms with Crippen LogP contribution in [0.25, 0.3) is 11.3 Å². The van der Waals surface area contributed by atoms with Gasteiger partial charge in [-0.2, -0.15) is 8.42 Å². The Balaban J connectivity index is 0.00000196. The monoisotopic (exact) mass is 545 g/mol. The summed E-state index contributed by atoms with van der Waals surface area (Å²) in [6, 6.07) is 11.9. The molecular formula is C27H36FN5O4S. The van der Waals surface area contributed by atoms with Crippen LogP contribution in [0.3, 0.4) is 0 Å². The first-order valence-corrected chi connectivity index (χ1v) is 14.1. The number of fused-ring (bicyclic) bond motifs is 2. The normalized spacial score (nSPS) is 18.7. The zero-order chi connectivity index (χ0) is 27.0. The Morgan fingerprint density at radius 3 is 2.71 bits per heavy atom. The lowest BCUT2D eigenvalue weighted by Gasteiger charge is -2.30. The molecule has 2 aromatic heterocycles. The molecule has 2 atom stereocenters. The van der Waals surface area contributed by atoms with E-state index in [1.165, 1.54) is 36.4 Å². The smallest absolute Gasteiger partial charge is 0.281 e. The van der Waals surface area contributed by atoms with Crippen LogP contribution in [0.5, 0.6) is 5.75 Å². The van der Waals surface area contributed by atoms with E-state index in [0.29, 0.717) is 35.3 Å². The number of hydrogen-bond donors (Lipinski definition) is 2. The van der Waals surface area contributed by atoms with Crippen LogP contribution in [0, 0.1) is 17.7 Å². The number of rotatable bonds is 8. The summed E-state index contributed by atoms with van der Waals surface area (Å²) < 4.78 is 48.0. The fraction of sp³-hybridized carbons (Fsp3) is 0.370. The molecular weight excluding hydrogens is 509 g/mol. The number of halogens is 1. The number of ether oxygens (including phenoxy) is 1. The minimum atomic E-state index is -4.27. The first kappa shape index (κ1) is 25.9. The standard InChI is InChI=1S/C27H30FN5O4S.3H2/c1-16(2)15-37-21-12-18(11-19(28)13-21)23-9-8-22(26(30-23)33-14-17-6-7-20(33)10-17)27(34)32-38(35,36)25-5-3-4-24(29)31-25;;;/h3-5,8-9,11-13,16-17,20H,6-7,10,14-15H2,1-2H3,(H2,29,31)(H,32,34);3*1H/t17-,20-;;;/m0.../s1. The number of pyridine rings is 2. The van der Waals surface area contributed by atoms with Gasteiger partial charge in [-0.15, -0.1) is 0 Å². The number of nitrogen functional groups attached to an aromatic ring is 1. The van der Waals surface area contributed by atoms with Crippen molar-refractivity contribution in [3.63, 3.8) is 0 Å². The molecule has 1 aromatic carbocycles. The molecule has 1 amide bonds. The Morgan fingerprint density at radius 1 is 1.21 bits per heavy atom. The molecule has 1 saturated heterocycles. The SMILES string of the molecule is CC(C)COc1cc(F)cc(-c2ccc(C(=O)NS(=O)(=O)c3cccc(N)n3)c(N3C[C@H]4CC[C@H]3C4)n2)c1.[HH].[HH].[HH]. The van der Waals surface area contributed by atoms with Crippen molar-refractivity contribution < 1.29 is 26.6 Å². The lowest BCUT2D eigenvalue weighted by molar-refractivity contribution is 0.0981. The van der Waals surface area contributed by atoms with Crippen molar-refractivity contribution >= 4 is 27.6 Å². The van der Waals surface area contributed by atoms with Crippen LogP contribution in [0.4, 0.5) is 16.0 Å². The number of aromatic nitrogens is 2. The van der Waals surface area contributed by atoms with Crippen molar-refractivity contribution in [2.24, 2.45) is 11.8 Å². The Kier molecular flexibility index (Phi) is 6.95. The van der Waals surface area contributed by atoms with Gasteiger partial charge in [-0.3, -0.25) is 4.79 Å². The van der Waals surface area contributed by atoms with Crippen LogP contribution >= 0.6 is 0 Å². The maximum absolute atomic E-state index is 14.5. The van der Waals surface area contributed by atoms with E-state index in [-0.39, 0.29) is 32.6 Å². The fourth-order valence-corrected chi connectivity index (χ4v) is 6.00. The number of anilines is 2. The van der Waals surface area contributed by atoms with Crippen molar-refractivity contribution in [3.05, 3.63) is 59.9 Å². The quantitative estimate of drug-likeness (QED) is 0.415. The van der Waals surface area contributed by atoms with Crippen molar-refractivity contribution in [1.82, 2.24) is 14.7 Å². The van der Waals surface area contributed by atoms with Gasteiger partial charge < -0.3 is 15.4 Å². The summed E-state index contributed by atoms with van der Waals surface area (Å²) in [5.41, 5.74) is 6.69. The fourth-order valence-electron chi connectivity index (χ4n) is 5.06. The third kappa shape index (κ3) is 5.42. The van der Waals surface area contributed by atoms with Gasteiger partial charge in [0.2, 0.25) is 0 Å². The molecule has 1 aliphatic carbocycles. The van der Waals surface area contributed by atoms with Gasteiger partial charge in [0.05, 0.1) is 17.9 Å². The lowest BCUT2D eigenvalue weighted by atomic mass is 10.1. The van der Waals surface area contributed by atoms with Crippen LogP contribution in [0.15, 0.2) is 53.6 Å². The van der Waals surface area contributed by atoms with Crippen LogP contribution < -0.4 is 20.1 Å². The molecule has 206 valence electrons. The van der Waals surface area contributed by atoms with Gasteiger partial charge in [0, 0.05) is 28.5 Å². The number of nitrogens with zero attached hydrogens (tertiary/aromatic N) is 3. The molecule has 38 heavy (non-hydrogen) atoms. The number of benzene rings is 1. The van der Waals surface area contributed by atoms with Crippen molar-refractivity contribution in [2.75, 3.05) is 23.8 Å². The van der Waals surface area contributed by atoms with E-state index >= 15 is 0 Å². The minimum absolute atomic E-state index is 0. The summed E-state index contributed by atoms with van der Waals surface area (Å²) in [4.78, 5) is 24.0.